The van der Waals surface area contributed by atoms with Gasteiger partial charge in [0.25, 0.3) is 0 Å². The maximum atomic E-state index is 11.9. The van der Waals surface area contributed by atoms with Crippen molar-refractivity contribution in [1.29, 1.82) is 0 Å². The lowest BCUT2D eigenvalue weighted by atomic mass is 9.93. The molecule has 0 aromatic carbocycles. The lowest BCUT2D eigenvalue weighted by Gasteiger charge is -2.41. The zero-order chi connectivity index (χ0) is 12.7. The van der Waals surface area contributed by atoms with Gasteiger partial charge < -0.3 is 10.0 Å². The first-order chi connectivity index (χ1) is 7.03. The van der Waals surface area contributed by atoms with Crippen molar-refractivity contribution in [3.05, 3.63) is 0 Å². The van der Waals surface area contributed by atoms with E-state index >= 15 is 0 Å². The van der Waals surface area contributed by atoms with Gasteiger partial charge in [-0.15, -0.1) is 0 Å². The molecule has 0 saturated carbocycles. The Hall–Kier alpha value is -0.990. The Kier molecular flexibility index (Phi) is 3.10. The van der Waals surface area contributed by atoms with Crippen LogP contribution in [0.3, 0.4) is 0 Å². The lowest BCUT2D eigenvalue weighted by molar-refractivity contribution is -0.237. The average molecular weight is 251 g/mol. The molecule has 9 heteroatoms. The number of amides is 1. The first-order valence-electron chi connectivity index (χ1n) is 4.14. The minimum absolute atomic E-state index is 0.222. The van der Waals surface area contributed by atoms with E-state index in [-0.39, 0.29) is 4.90 Å². The third-order valence-electron chi connectivity index (χ3n) is 2.22. The average Bonchev–Trinajstić information content (AvgIpc) is 1.97. The third-order valence-corrected chi connectivity index (χ3v) is 2.22. The number of rotatable bonds is 1. The number of hydrogen-bond acceptors (Lipinski definition) is 2. The van der Waals surface area contributed by atoms with E-state index in [0.29, 0.717) is 0 Å². The third kappa shape index (κ3) is 2.57. The molecule has 1 rings (SSSR count). The molecule has 94 valence electrons. The van der Waals surface area contributed by atoms with Gasteiger partial charge in [-0.25, -0.2) is 0 Å². The van der Waals surface area contributed by atoms with Crippen LogP contribution < -0.4 is 0 Å². The number of alkyl halides is 6. The van der Waals surface area contributed by atoms with Crippen LogP contribution in [0.1, 0.15) is 0 Å². The van der Waals surface area contributed by atoms with Gasteiger partial charge in [0, 0.05) is 19.0 Å². The second-order valence-corrected chi connectivity index (χ2v) is 3.45. The molecular weight excluding hydrogens is 244 g/mol. The fourth-order valence-electron chi connectivity index (χ4n) is 1.32. The molecule has 1 unspecified atom stereocenters. The molecule has 1 aliphatic rings. The van der Waals surface area contributed by atoms with Crippen molar-refractivity contribution in [2.45, 2.75) is 18.5 Å². The fraction of sp³-hybridized carbons (Fsp3) is 0.857. The second kappa shape index (κ2) is 3.79. The zero-order valence-corrected chi connectivity index (χ0v) is 7.64. The SMILES string of the molecule is O=C(N1CC(C(O)C(F)(F)F)C1)C(F)(F)F. The van der Waals surface area contributed by atoms with Gasteiger partial charge in [0.1, 0.15) is 0 Å². The maximum Gasteiger partial charge on any atom is 0.471 e. The number of hydrogen-bond donors (Lipinski definition) is 1. The van der Waals surface area contributed by atoms with Gasteiger partial charge in [-0.05, 0) is 0 Å². The highest BCUT2D eigenvalue weighted by Gasteiger charge is 2.52. The monoisotopic (exact) mass is 251 g/mol. The van der Waals surface area contributed by atoms with Crippen molar-refractivity contribution in [3.63, 3.8) is 0 Å². The number of carbonyl (C=O) groups is 1. The molecule has 1 saturated heterocycles. The summed E-state index contributed by atoms with van der Waals surface area (Å²) in [7, 11) is 0. The highest BCUT2D eigenvalue weighted by Crippen LogP contribution is 2.32. The molecule has 1 aliphatic heterocycles. The molecule has 1 fully saturated rings. The molecule has 1 N–H and O–H groups in total. The fourth-order valence-corrected chi connectivity index (χ4v) is 1.32. The van der Waals surface area contributed by atoms with Crippen LogP contribution in [0.5, 0.6) is 0 Å². The number of aliphatic hydroxyl groups excluding tert-OH is 1. The molecule has 1 amide bonds. The maximum absolute atomic E-state index is 11.9. The van der Waals surface area contributed by atoms with Gasteiger partial charge in [-0.2, -0.15) is 26.3 Å². The van der Waals surface area contributed by atoms with E-state index in [1.165, 1.54) is 0 Å². The van der Waals surface area contributed by atoms with Crippen molar-refractivity contribution in [2.75, 3.05) is 13.1 Å². The number of halogens is 6. The Balaban J connectivity index is 2.48. The Morgan fingerprint density at radius 2 is 1.62 bits per heavy atom. The van der Waals surface area contributed by atoms with Crippen LogP contribution in [0.2, 0.25) is 0 Å². The van der Waals surface area contributed by atoms with Crippen LogP contribution in [0.15, 0.2) is 0 Å². The molecule has 1 atom stereocenters. The topological polar surface area (TPSA) is 40.5 Å². The highest BCUT2D eigenvalue weighted by atomic mass is 19.4. The van der Waals surface area contributed by atoms with Crippen molar-refractivity contribution in [2.24, 2.45) is 5.92 Å². The smallest absolute Gasteiger partial charge is 0.383 e. The quantitative estimate of drug-likeness (QED) is 0.704. The lowest BCUT2D eigenvalue weighted by Crippen LogP contribution is -2.60. The summed E-state index contributed by atoms with van der Waals surface area (Å²) in [5, 5.41) is 8.66. The molecule has 0 radical (unpaired) electrons. The van der Waals surface area contributed by atoms with Crippen LogP contribution in [-0.2, 0) is 4.79 Å². The van der Waals surface area contributed by atoms with E-state index in [2.05, 4.69) is 0 Å². The van der Waals surface area contributed by atoms with E-state index in [1.54, 1.807) is 0 Å². The van der Waals surface area contributed by atoms with Crippen LogP contribution >= 0.6 is 0 Å². The van der Waals surface area contributed by atoms with Crippen molar-refractivity contribution in [3.8, 4) is 0 Å². The second-order valence-electron chi connectivity index (χ2n) is 3.45. The Bertz CT molecular complexity index is 280. The minimum atomic E-state index is -5.09. The van der Waals surface area contributed by atoms with Crippen molar-refractivity contribution < 1.29 is 36.2 Å². The summed E-state index contributed by atoms with van der Waals surface area (Å²) < 4.78 is 71.1. The molecular formula is C7H7F6NO2. The Morgan fingerprint density at radius 1 is 1.19 bits per heavy atom. The zero-order valence-electron chi connectivity index (χ0n) is 7.64. The number of likely N-dealkylation sites (tertiary alicyclic amines) is 1. The van der Waals surface area contributed by atoms with Crippen LogP contribution in [-0.4, -0.2) is 47.5 Å². The number of carbonyl (C=O) groups excluding carboxylic acids is 1. The highest BCUT2D eigenvalue weighted by molar-refractivity contribution is 5.82. The summed E-state index contributed by atoms with van der Waals surface area (Å²) >= 11 is 0. The van der Waals surface area contributed by atoms with Gasteiger partial charge in [0.2, 0.25) is 0 Å². The molecule has 0 aliphatic carbocycles. The molecule has 16 heavy (non-hydrogen) atoms. The number of aliphatic hydroxyl groups is 1. The summed E-state index contributed by atoms with van der Waals surface area (Å²) in [6.07, 6.45) is -12.7. The number of nitrogens with zero attached hydrogens (tertiary/aromatic N) is 1. The summed E-state index contributed by atoms with van der Waals surface area (Å²) in [5.41, 5.74) is 0. The van der Waals surface area contributed by atoms with Crippen LogP contribution in [0, 0.1) is 5.92 Å². The summed E-state index contributed by atoms with van der Waals surface area (Å²) in [6.45, 7) is -1.47. The van der Waals surface area contributed by atoms with E-state index in [9.17, 15) is 31.1 Å². The largest absolute Gasteiger partial charge is 0.471 e. The molecule has 0 aromatic rings. The predicted molar refractivity (Wildman–Crippen MR) is 38.2 cm³/mol. The normalized spacial score (nSPS) is 20.6. The van der Waals surface area contributed by atoms with E-state index < -0.39 is 43.4 Å². The van der Waals surface area contributed by atoms with Crippen molar-refractivity contribution in [1.82, 2.24) is 4.90 Å². The van der Waals surface area contributed by atoms with Crippen LogP contribution in [0.4, 0.5) is 26.3 Å². The van der Waals surface area contributed by atoms with Crippen LogP contribution in [0.25, 0.3) is 0 Å². The van der Waals surface area contributed by atoms with Gasteiger partial charge in [0.05, 0.1) is 0 Å². The van der Waals surface area contributed by atoms with Gasteiger partial charge in [0.15, 0.2) is 6.10 Å². The molecule has 0 bridgehead atoms. The standard InChI is InChI=1S/C7H7F6NO2/c8-6(9,10)4(15)3-1-14(2-3)5(16)7(11,12)13/h3-4,15H,1-2H2. The van der Waals surface area contributed by atoms with E-state index in [0.717, 1.165) is 0 Å². The first kappa shape index (κ1) is 13.1. The molecule has 1 heterocycles. The Labute approximate surface area is 85.6 Å². The van der Waals surface area contributed by atoms with Gasteiger partial charge in [-0.3, -0.25) is 4.79 Å². The molecule has 0 spiro atoms. The predicted octanol–water partition coefficient (Wildman–Crippen LogP) is 0.930. The summed E-state index contributed by atoms with van der Waals surface area (Å²) in [4.78, 5) is 10.7. The summed E-state index contributed by atoms with van der Waals surface area (Å²) in [5.74, 6) is -3.57. The molecule has 0 aromatic heterocycles. The summed E-state index contributed by atoms with van der Waals surface area (Å²) in [6, 6.07) is 0. The van der Waals surface area contributed by atoms with Gasteiger partial charge in [-0.1, -0.05) is 0 Å². The first-order valence-corrected chi connectivity index (χ1v) is 4.14. The van der Waals surface area contributed by atoms with E-state index in [1.807, 2.05) is 0 Å². The Morgan fingerprint density at radius 3 is 1.94 bits per heavy atom. The minimum Gasteiger partial charge on any atom is -0.383 e. The van der Waals surface area contributed by atoms with Gasteiger partial charge >= 0.3 is 18.3 Å². The van der Waals surface area contributed by atoms with E-state index in [4.69, 9.17) is 5.11 Å². The van der Waals surface area contributed by atoms with Crippen molar-refractivity contribution >= 4 is 5.91 Å². The molecule has 3 nitrogen and oxygen atoms in total.